The van der Waals surface area contributed by atoms with Crippen molar-refractivity contribution in [3.8, 4) is 22.6 Å². The van der Waals surface area contributed by atoms with E-state index in [4.69, 9.17) is 14.9 Å². The van der Waals surface area contributed by atoms with Crippen molar-refractivity contribution in [2.75, 3.05) is 64.9 Å². The summed E-state index contributed by atoms with van der Waals surface area (Å²) in [5.74, 6) is -0.165. The summed E-state index contributed by atoms with van der Waals surface area (Å²) in [6.07, 6.45) is -0.116. The molecule has 0 radical (unpaired) electrons. The maximum Gasteiger partial charge on any atom is 0.416 e. The molecule has 1 unspecified atom stereocenters. The van der Waals surface area contributed by atoms with E-state index in [1.165, 1.54) is 56.3 Å². The number of carbonyl (C=O) groups is 1. The van der Waals surface area contributed by atoms with Gasteiger partial charge in [0, 0.05) is 81.3 Å². The topological polar surface area (TPSA) is 115 Å². The molecule has 49 heavy (non-hydrogen) atoms. The molecule has 0 aliphatic carbocycles. The first-order valence-corrected chi connectivity index (χ1v) is 16.1. The molecule has 3 aromatic carbocycles. The van der Waals surface area contributed by atoms with Crippen molar-refractivity contribution in [1.82, 2.24) is 16.0 Å². The monoisotopic (exact) mass is 698 g/mol. The van der Waals surface area contributed by atoms with Crippen LogP contribution in [0, 0.1) is 5.82 Å². The van der Waals surface area contributed by atoms with E-state index in [-0.39, 0.29) is 5.75 Å². The van der Waals surface area contributed by atoms with Crippen LogP contribution in [0.5, 0.6) is 11.5 Å². The lowest BCUT2D eigenvalue weighted by Gasteiger charge is -2.30. The van der Waals surface area contributed by atoms with Crippen molar-refractivity contribution in [3.63, 3.8) is 0 Å². The number of anilines is 1. The number of aryl methyl sites for hydroxylation is 1. The van der Waals surface area contributed by atoms with Gasteiger partial charge in [-0.2, -0.15) is 13.2 Å². The molecule has 2 heterocycles. The van der Waals surface area contributed by atoms with Gasteiger partial charge in [-0.25, -0.2) is 4.39 Å². The Morgan fingerprint density at radius 2 is 1.55 bits per heavy atom. The van der Waals surface area contributed by atoms with E-state index in [0.29, 0.717) is 49.1 Å². The van der Waals surface area contributed by atoms with Crippen molar-refractivity contribution in [3.05, 3.63) is 77.6 Å². The minimum Gasteiger partial charge on any atom is -0.490 e. The Morgan fingerprint density at radius 1 is 0.898 bits per heavy atom. The van der Waals surface area contributed by atoms with Gasteiger partial charge in [0.15, 0.2) is 5.75 Å². The molecule has 3 aromatic rings. The SMILES string of the molecule is C1CCNC1.CO.CO.O=CNCCC(CCc1ccc(OF)c(-c2ccc(C(F)(F)F)cc2)c1)Oc1cc(F)cc(N2CCNCC2)c1. The Kier molecular flexibility index (Phi) is 19.0. The first-order chi connectivity index (χ1) is 23.8. The molecule has 0 bridgehead atoms. The number of nitrogens with zero attached hydrogens (tertiary/aromatic N) is 1. The van der Waals surface area contributed by atoms with Gasteiger partial charge in [0.25, 0.3) is 0 Å². The second-order valence-electron chi connectivity index (χ2n) is 11.0. The summed E-state index contributed by atoms with van der Waals surface area (Å²) in [7, 11) is 2.00. The minimum absolute atomic E-state index is 0.119. The number of rotatable bonds is 12. The highest BCUT2D eigenvalue weighted by atomic mass is 19.4. The van der Waals surface area contributed by atoms with Crippen LogP contribution in [0.2, 0.25) is 0 Å². The van der Waals surface area contributed by atoms with Crippen LogP contribution in [0.4, 0.5) is 27.8 Å². The van der Waals surface area contributed by atoms with E-state index >= 15 is 0 Å². The quantitative estimate of drug-likeness (QED) is 0.0986. The normalized spacial score (nSPS) is 14.5. The van der Waals surface area contributed by atoms with Crippen LogP contribution in [0.15, 0.2) is 60.7 Å². The predicted octanol–water partition coefficient (Wildman–Crippen LogP) is 5.29. The van der Waals surface area contributed by atoms with Crippen LogP contribution in [-0.4, -0.2) is 82.8 Å². The first-order valence-electron chi connectivity index (χ1n) is 16.1. The van der Waals surface area contributed by atoms with Crippen LogP contribution in [0.25, 0.3) is 11.1 Å². The molecule has 272 valence electrons. The summed E-state index contributed by atoms with van der Waals surface area (Å²) < 4.78 is 72.8. The minimum atomic E-state index is -4.49. The molecular formula is C35H47F5N4O5. The van der Waals surface area contributed by atoms with Crippen LogP contribution in [0.3, 0.4) is 0 Å². The average Bonchev–Trinajstić information content (AvgIpc) is 3.73. The number of nitrogens with one attached hydrogen (secondary N) is 3. The molecular weight excluding hydrogens is 651 g/mol. The number of halogens is 5. The third-order valence-electron chi connectivity index (χ3n) is 7.70. The first kappa shape index (κ1) is 41.2. The Balaban J connectivity index is 0.000000822. The van der Waals surface area contributed by atoms with E-state index in [1.807, 2.05) is 0 Å². The molecule has 1 amide bonds. The number of ether oxygens (including phenoxy) is 1. The zero-order valence-electron chi connectivity index (χ0n) is 27.9. The summed E-state index contributed by atoms with van der Waals surface area (Å²) in [5.41, 5.74) is 1.36. The summed E-state index contributed by atoms with van der Waals surface area (Å²) in [4.78, 5) is 16.8. The Morgan fingerprint density at radius 3 is 2.12 bits per heavy atom. The molecule has 2 fully saturated rings. The fourth-order valence-electron chi connectivity index (χ4n) is 5.30. The Bertz CT molecular complexity index is 1350. The zero-order valence-corrected chi connectivity index (χ0v) is 27.9. The highest BCUT2D eigenvalue weighted by Crippen LogP contribution is 2.35. The molecule has 0 spiro atoms. The van der Waals surface area contributed by atoms with E-state index in [2.05, 4.69) is 25.8 Å². The van der Waals surface area contributed by atoms with Gasteiger partial charge in [0.2, 0.25) is 6.41 Å². The molecule has 5 rings (SSSR count). The largest absolute Gasteiger partial charge is 0.490 e. The van der Waals surface area contributed by atoms with Gasteiger partial charge in [0.05, 0.1) is 5.56 Å². The molecule has 2 aliphatic heterocycles. The van der Waals surface area contributed by atoms with Gasteiger partial charge >= 0.3 is 6.18 Å². The van der Waals surface area contributed by atoms with Crippen molar-refractivity contribution in [2.45, 2.75) is 44.4 Å². The second kappa shape index (κ2) is 22.6. The van der Waals surface area contributed by atoms with Gasteiger partial charge in [0.1, 0.15) is 17.7 Å². The molecule has 0 saturated carbocycles. The van der Waals surface area contributed by atoms with Crippen LogP contribution in [0.1, 0.15) is 36.8 Å². The highest BCUT2D eigenvalue weighted by molar-refractivity contribution is 5.71. The average molecular weight is 699 g/mol. The molecule has 9 nitrogen and oxygen atoms in total. The lowest BCUT2D eigenvalue weighted by atomic mass is 9.97. The summed E-state index contributed by atoms with van der Waals surface area (Å²) in [6, 6.07) is 13.7. The lowest BCUT2D eigenvalue weighted by Crippen LogP contribution is -2.43. The highest BCUT2D eigenvalue weighted by Gasteiger charge is 2.30. The standard InChI is InChI=1S/C29H30F5N3O3.C4H9N.2CH4O/c30-23-16-24(37-13-11-35-12-14-37)18-26(17-23)39-25(9-10-36-19-38)7-1-20-2-8-28(40-34)27(15-20)21-3-5-22(6-4-21)29(31,32)33;1-2-4-5-3-1;2*1-2/h2-6,8,15-19,25,35H,1,7,9-14H2,(H,36,38);5H,1-4H2;2*2H,1H3. The zero-order chi connectivity index (χ0) is 36.1. The van der Waals surface area contributed by atoms with Crippen molar-refractivity contribution >= 4 is 12.1 Å². The second-order valence-corrected chi connectivity index (χ2v) is 11.0. The van der Waals surface area contributed by atoms with Crippen molar-refractivity contribution in [2.24, 2.45) is 0 Å². The van der Waals surface area contributed by atoms with E-state index in [9.17, 15) is 26.9 Å². The Hall–Kier alpha value is -3.98. The maximum absolute atomic E-state index is 14.5. The lowest BCUT2D eigenvalue weighted by molar-refractivity contribution is -0.137. The third-order valence-corrected chi connectivity index (χ3v) is 7.70. The molecule has 2 aliphatic rings. The van der Waals surface area contributed by atoms with Gasteiger partial charge in [-0.3, -0.25) is 9.74 Å². The maximum atomic E-state index is 14.5. The number of benzene rings is 3. The van der Waals surface area contributed by atoms with Gasteiger partial charge in [-0.1, -0.05) is 18.2 Å². The molecule has 14 heteroatoms. The fraction of sp³-hybridized carbons (Fsp3) is 0.457. The van der Waals surface area contributed by atoms with Gasteiger partial charge < -0.3 is 35.8 Å². The molecule has 0 aromatic heterocycles. The number of amides is 1. The number of alkyl halides is 3. The summed E-state index contributed by atoms with van der Waals surface area (Å²) in [6.45, 7) is 5.94. The number of aliphatic hydroxyl groups is 2. The molecule has 1 atom stereocenters. The van der Waals surface area contributed by atoms with E-state index < -0.39 is 23.7 Å². The number of hydrogen-bond donors (Lipinski definition) is 5. The fourth-order valence-corrected chi connectivity index (χ4v) is 5.30. The van der Waals surface area contributed by atoms with Crippen molar-refractivity contribution < 1.29 is 46.8 Å². The van der Waals surface area contributed by atoms with Gasteiger partial charge in [-0.15, -0.1) is 0 Å². The number of aliphatic hydroxyl groups excluding tert-OH is 2. The third kappa shape index (κ3) is 14.2. The van der Waals surface area contributed by atoms with Crippen LogP contribution in [-0.2, 0) is 17.4 Å². The van der Waals surface area contributed by atoms with E-state index in [0.717, 1.165) is 63.8 Å². The molecule has 2 saturated heterocycles. The van der Waals surface area contributed by atoms with Crippen LogP contribution < -0.4 is 30.5 Å². The smallest absolute Gasteiger partial charge is 0.416 e. The van der Waals surface area contributed by atoms with Gasteiger partial charge in [-0.05, 0) is 80.2 Å². The number of carbonyl (C=O) groups excluding carboxylic acids is 1. The summed E-state index contributed by atoms with van der Waals surface area (Å²) in [5, 5.41) is 23.1. The van der Waals surface area contributed by atoms with Crippen LogP contribution >= 0.6 is 0 Å². The van der Waals surface area contributed by atoms with Crippen molar-refractivity contribution in [1.29, 1.82) is 0 Å². The summed E-state index contributed by atoms with van der Waals surface area (Å²) >= 11 is 0. The number of piperazine rings is 1. The van der Waals surface area contributed by atoms with E-state index in [1.54, 1.807) is 18.2 Å². The molecule has 5 N–H and O–H groups in total. The predicted molar refractivity (Wildman–Crippen MR) is 180 cm³/mol. The number of hydrogen-bond acceptors (Lipinski definition) is 8. The Labute approximate surface area is 284 Å².